The molecule has 0 unspecified atom stereocenters. The molecule has 6 nitrogen and oxygen atoms in total. The Hall–Kier alpha value is -1.70. The molecule has 0 atom stereocenters. The number of nitrogens with one attached hydrogen (secondary N) is 3. The third-order valence-electron chi connectivity index (χ3n) is 5.19. The molecule has 27 heavy (non-hydrogen) atoms. The van der Waals surface area contributed by atoms with E-state index in [4.69, 9.17) is 17.0 Å². The number of ether oxygens (including phenoxy) is 1. The Labute approximate surface area is 167 Å². The summed E-state index contributed by atoms with van der Waals surface area (Å²) in [6.45, 7) is 8.37. The summed E-state index contributed by atoms with van der Waals surface area (Å²) in [5.41, 5.74) is 5.28. The van der Waals surface area contributed by atoms with Crippen molar-refractivity contribution in [1.82, 2.24) is 10.7 Å². The van der Waals surface area contributed by atoms with E-state index in [9.17, 15) is 0 Å². The van der Waals surface area contributed by atoms with E-state index in [1.54, 1.807) is 4.90 Å². The first kappa shape index (κ1) is 20.0. The number of hydrogen-bond donors (Lipinski definition) is 3. The van der Waals surface area contributed by atoms with Crippen molar-refractivity contribution in [2.75, 3.05) is 57.4 Å². The fourth-order valence-electron chi connectivity index (χ4n) is 3.58. The quantitative estimate of drug-likeness (QED) is 0.278. The normalized spacial score (nSPS) is 18.6. The molecule has 3 rings (SSSR count). The van der Waals surface area contributed by atoms with E-state index in [0.29, 0.717) is 5.11 Å². The zero-order chi connectivity index (χ0) is 18.7. The smallest absolute Gasteiger partial charge is 0.186 e. The molecule has 2 aliphatic heterocycles. The standard InChI is InChI=1S/C20H31N5OS/c27-20(21-9-4-10-24-13-15-26-16-14-24)23-22-17-18-5-7-19(8-6-18)25-11-2-1-3-12-25/h5-8,17H,1-4,9-16H2,(H2,21,23,27)/p+1/b22-17-. The van der Waals surface area contributed by atoms with Crippen LogP contribution in [0.25, 0.3) is 0 Å². The monoisotopic (exact) mass is 390 g/mol. The van der Waals surface area contributed by atoms with E-state index >= 15 is 0 Å². The predicted octanol–water partition coefficient (Wildman–Crippen LogP) is 0.780. The number of rotatable bonds is 7. The molecule has 1 aromatic rings. The van der Waals surface area contributed by atoms with E-state index in [1.807, 2.05) is 6.21 Å². The Bertz CT molecular complexity index is 595. The molecule has 1 aromatic carbocycles. The summed E-state index contributed by atoms with van der Waals surface area (Å²) >= 11 is 5.28. The van der Waals surface area contributed by atoms with Crippen molar-refractivity contribution in [3.05, 3.63) is 29.8 Å². The summed E-state index contributed by atoms with van der Waals surface area (Å²) in [6.07, 6.45) is 6.86. The van der Waals surface area contributed by atoms with Crippen molar-refractivity contribution >= 4 is 29.2 Å². The van der Waals surface area contributed by atoms with Crippen molar-refractivity contribution in [3.63, 3.8) is 0 Å². The Morgan fingerprint density at radius 1 is 1.15 bits per heavy atom. The Morgan fingerprint density at radius 2 is 1.89 bits per heavy atom. The van der Waals surface area contributed by atoms with Gasteiger partial charge in [0, 0.05) is 31.7 Å². The summed E-state index contributed by atoms with van der Waals surface area (Å²) in [6, 6.07) is 8.57. The molecular weight excluding hydrogens is 358 g/mol. The first-order valence-corrected chi connectivity index (χ1v) is 10.6. The fraction of sp³-hybridized carbons (Fsp3) is 0.600. The van der Waals surface area contributed by atoms with Gasteiger partial charge in [-0.15, -0.1) is 0 Å². The van der Waals surface area contributed by atoms with E-state index < -0.39 is 0 Å². The summed E-state index contributed by atoms with van der Waals surface area (Å²) in [4.78, 5) is 4.08. The SMILES string of the molecule is S=C(NCCC[NH+]1CCOCC1)N/N=C\c1ccc(N2CCCCC2)cc1. The molecule has 7 heteroatoms. The highest BCUT2D eigenvalue weighted by Gasteiger charge is 2.12. The molecule has 2 fully saturated rings. The van der Waals surface area contributed by atoms with Gasteiger partial charge in [-0.2, -0.15) is 5.10 Å². The number of piperidine rings is 1. The van der Waals surface area contributed by atoms with Gasteiger partial charge in [-0.1, -0.05) is 12.1 Å². The van der Waals surface area contributed by atoms with Crippen LogP contribution in [0.15, 0.2) is 29.4 Å². The molecule has 2 heterocycles. The lowest BCUT2D eigenvalue weighted by molar-refractivity contribution is -0.908. The second kappa shape index (κ2) is 11.2. The topological polar surface area (TPSA) is 53.3 Å². The molecule has 0 radical (unpaired) electrons. The molecule has 2 saturated heterocycles. The third kappa shape index (κ3) is 7.08. The number of anilines is 1. The molecule has 0 aromatic heterocycles. The molecule has 0 spiro atoms. The van der Waals surface area contributed by atoms with Crippen molar-refractivity contribution in [2.45, 2.75) is 25.7 Å². The Balaban J connectivity index is 1.31. The van der Waals surface area contributed by atoms with Gasteiger partial charge in [0.05, 0.1) is 26.0 Å². The number of morpholine rings is 1. The van der Waals surface area contributed by atoms with Gasteiger partial charge in [0.25, 0.3) is 0 Å². The van der Waals surface area contributed by atoms with E-state index in [0.717, 1.165) is 51.4 Å². The van der Waals surface area contributed by atoms with Gasteiger partial charge in [0.1, 0.15) is 13.1 Å². The zero-order valence-corrected chi connectivity index (χ0v) is 16.9. The number of benzene rings is 1. The Kier molecular flexibility index (Phi) is 8.32. The van der Waals surface area contributed by atoms with Crippen LogP contribution in [0.2, 0.25) is 0 Å². The highest BCUT2D eigenvalue weighted by molar-refractivity contribution is 7.80. The zero-order valence-electron chi connectivity index (χ0n) is 16.1. The lowest BCUT2D eigenvalue weighted by Gasteiger charge is -2.28. The van der Waals surface area contributed by atoms with Crippen LogP contribution in [0.5, 0.6) is 0 Å². The molecule has 148 valence electrons. The lowest BCUT2D eigenvalue weighted by Crippen LogP contribution is -3.14. The van der Waals surface area contributed by atoms with Crippen LogP contribution in [-0.2, 0) is 4.74 Å². The summed E-state index contributed by atoms with van der Waals surface area (Å²) in [5.74, 6) is 0. The van der Waals surface area contributed by atoms with Crippen LogP contribution in [0, 0.1) is 0 Å². The van der Waals surface area contributed by atoms with E-state index in [1.165, 1.54) is 38.0 Å². The summed E-state index contributed by atoms with van der Waals surface area (Å²) < 4.78 is 5.38. The van der Waals surface area contributed by atoms with Crippen molar-refractivity contribution < 1.29 is 9.64 Å². The summed E-state index contributed by atoms with van der Waals surface area (Å²) in [7, 11) is 0. The minimum absolute atomic E-state index is 0.577. The first-order valence-electron chi connectivity index (χ1n) is 10.1. The lowest BCUT2D eigenvalue weighted by atomic mass is 10.1. The number of quaternary nitrogens is 1. The summed E-state index contributed by atoms with van der Waals surface area (Å²) in [5, 5.41) is 8.03. The molecule has 0 saturated carbocycles. The van der Waals surface area contributed by atoms with E-state index in [2.05, 4.69) is 45.0 Å². The number of thiocarbonyl (C=S) groups is 1. The third-order valence-corrected chi connectivity index (χ3v) is 5.42. The molecule has 3 N–H and O–H groups in total. The number of hydrazone groups is 1. The van der Waals surface area contributed by atoms with Crippen molar-refractivity contribution in [1.29, 1.82) is 0 Å². The number of nitrogens with zero attached hydrogens (tertiary/aromatic N) is 2. The van der Waals surface area contributed by atoms with Gasteiger partial charge in [-0.05, 0) is 49.2 Å². The minimum atomic E-state index is 0.577. The maximum Gasteiger partial charge on any atom is 0.186 e. The Morgan fingerprint density at radius 3 is 2.63 bits per heavy atom. The highest BCUT2D eigenvalue weighted by atomic mass is 32.1. The van der Waals surface area contributed by atoms with Gasteiger partial charge in [-0.25, -0.2) is 0 Å². The van der Waals surface area contributed by atoms with Crippen LogP contribution in [0.3, 0.4) is 0 Å². The second-order valence-electron chi connectivity index (χ2n) is 7.23. The van der Waals surface area contributed by atoms with E-state index in [-0.39, 0.29) is 0 Å². The van der Waals surface area contributed by atoms with Crippen LogP contribution < -0.4 is 20.5 Å². The minimum Gasteiger partial charge on any atom is -0.372 e. The molecule has 0 bridgehead atoms. The molecule has 0 amide bonds. The molecular formula is C20H32N5OS+. The average molecular weight is 391 g/mol. The maximum absolute atomic E-state index is 5.38. The van der Waals surface area contributed by atoms with Gasteiger partial charge in [-0.3, -0.25) is 5.43 Å². The van der Waals surface area contributed by atoms with Gasteiger partial charge < -0.3 is 19.9 Å². The van der Waals surface area contributed by atoms with Crippen molar-refractivity contribution in [3.8, 4) is 0 Å². The first-order chi connectivity index (χ1) is 13.3. The predicted molar refractivity (Wildman–Crippen MR) is 115 cm³/mol. The fourth-order valence-corrected chi connectivity index (χ4v) is 3.73. The van der Waals surface area contributed by atoms with Crippen LogP contribution in [-0.4, -0.2) is 63.8 Å². The number of hydrogen-bond acceptors (Lipinski definition) is 4. The molecule has 2 aliphatic rings. The van der Waals surface area contributed by atoms with Crippen LogP contribution >= 0.6 is 12.2 Å². The largest absolute Gasteiger partial charge is 0.372 e. The van der Waals surface area contributed by atoms with Crippen LogP contribution in [0.4, 0.5) is 5.69 Å². The van der Waals surface area contributed by atoms with Crippen molar-refractivity contribution in [2.24, 2.45) is 5.10 Å². The molecule has 0 aliphatic carbocycles. The van der Waals surface area contributed by atoms with Crippen LogP contribution in [0.1, 0.15) is 31.2 Å². The average Bonchev–Trinajstić information content (AvgIpc) is 2.73. The second-order valence-corrected chi connectivity index (χ2v) is 7.64. The highest BCUT2D eigenvalue weighted by Crippen LogP contribution is 2.19. The maximum atomic E-state index is 5.38. The van der Waals surface area contributed by atoms with Gasteiger partial charge >= 0.3 is 0 Å². The van der Waals surface area contributed by atoms with Gasteiger partial charge in [0.2, 0.25) is 0 Å². The van der Waals surface area contributed by atoms with Gasteiger partial charge in [0.15, 0.2) is 5.11 Å².